The van der Waals surface area contributed by atoms with Gasteiger partial charge in [-0.15, -0.1) is 0 Å². The molecule has 12 heavy (non-hydrogen) atoms. The number of pyridine rings is 1. The van der Waals surface area contributed by atoms with Crippen molar-refractivity contribution in [2.24, 2.45) is 0 Å². The molecule has 0 saturated carbocycles. The number of ether oxygens (including phenoxy) is 1. The average Bonchev–Trinajstić information content (AvgIpc) is 2.53. The van der Waals surface area contributed by atoms with Crippen LogP contribution in [0.5, 0.6) is 0 Å². The molecule has 3 nitrogen and oxygen atoms in total. The monoisotopic (exact) mass is 162 g/mol. The van der Waals surface area contributed by atoms with Gasteiger partial charge in [-0.1, -0.05) is 6.07 Å². The molecular formula is C9H10N2O. The molecule has 0 unspecified atom stereocenters. The molecule has 0 fully saturated rings. The molecule has 3 heteroatoms. The van der Waals surface area contributed by atoms with E-state index in [1.54, 1.807) is 13.3 Å². The highest BCUT2D eigenvalue weighted by atomic mass is 16.5. The van der Waals surface area contributed by atoms with Crippen LogP contribution >= 0.6 is 0 Å². The standard InChI is InChI=1S/C9H10N2O/c1-12-7-8-3-2-4-9-10-5-6-11(8)9/h2-6H,7H2,1H3. The van der Waals surface area contributed by atoms with Crippen LogP contribution in [0.1, 0.15) is 5.69 Å². The van der Waals surface area contributed by atoms with Crippen molar-refractivity contribution in [2.45, 2.75) is 6.61 Å². The Kier molecular flexibility index (Phi) is 1.80. The Bertz CT molecular complexity index is 381. The van der Waals surface area contributed by atoms with E-state index in [0.717, 1.165) is 11.3 Å². The molecule has 2 aromatic heterocycles. The van der Waals surface area contributed by atoms with E-state index >= 15 is 0 Å². The molecule has 2 aromatic rings. The second-order valence-corrected chi connectivity index (χ2v) is 2.61. The Morgan fingerprint density at radius 1 is 1.50 bits per heavy atom. The predicted octanol–water partition coefficient (Wildman–Crippen LogP) is 1.48. The number of fused-ring (bicyclic) bond motifs is 1. The Morgan fingerprint density at radius 2 is 2.42 bits per heavy atom. The van der Waals surface area contributed by atoms with E-state index in [9.17, 15) is 0 Å². The van der Waals surface area contributed by atoms with Crippen molar-refractivity contribution >= 4 is 5.65 Å². The summed E-state index contributed by atoms with van der Waals surface area (Å²) in [4.78, 5) is 4.17. The lowest BCUT2D eigenvalue weighted by Crippen LogP contribution is -1.96. The fraction of sp³-hybridized carbons (Fsp3) is 0.222. The van der Waals surface area contributed by atoms with Gasteiger partial charge in [-0.3, -0.25) is 0 Å². The van der Waals surface area contributed by atoms with Crippen molar-refractivity contribution < 1.29 is 4.74 Å². The van der Waals surface area contributed by atoms with Gasteiger partial charge in [-0.25, -0.2) is 4.98 Å². The molecule has 2 rings (SSSR count). The van der Waals surface area contributed by atoms with Crippen molar-refractivity contribution in [3.8, 4) is 0 Å². The topological polar surface area (TPSA) is 26.5 Å². The third-order valence-electron chi connectivity index (χ3n) is 1.80. The van der Waals surface area contributed by atoms with Crippen molar-refractivity contribution in [3.05, 3.63) is 36.3 Å². The Labute approximate surface area is 70.6 Å². The first-order chi connectivity index (χ1) is 5.92. The molecule has 0 amide bonds. The minimum absolute atomic E-state index is 0.619. The minimum atomic E-state index is 0.619. The summed E-state index contributed by atoms with van der Waals surface area (Å²) in [5, 5.41) is 0. The lowest BCUT2D eigenvalue weighted by Gasteiger charge is -2.02. The molecule has 0 aliphatic rings. The van der Waals surface area contributed by atoms with E-state index in [2.05, 4.69) is 4.98 Å². The van der Waals surface area contributed by atoms with Crippen LogP contribution in [0.2, 0.25) is 0 Å². The van der Waals surface area contributed by atoms with Crippen LogP contribution in [0.4, 0.5) is 0 Å². The number of imidazole rings is 1. The van der Waals surface area contributed by atoms with Gasteiger partial charge in [0.25, 0.3) is 0 Å². The maximum Gasteiger partial charge on any atom is 0.136 e. The normalized spacial score (nSPS) is 10.8. The largest absolute Gasteiger partial charge is 0.378 e. The number of hydrogen-bond donors (Lipinski definition) is 0. The predicted molar refractivity (Wildman–Crippen MR) is 45.9 cm³/mol. The third kappa shape index (κ3) is 1.08. The Morgan fingerprint density at radius 3 is 3.25 bits per heavy atom. The molecule has 0 spiro atoms. The van der Waals surface area contributed by atoms with E-state index in [0.29, 0.717) is 6.61 Å². The molecule has 0 N–H and O–H groups in total. The summed E-state index contributed by atoms with van der Waals surface area (Å²) in [6.45, 7) is 0.619. The van der Waals surface area contributed by atoms with Crippen LogP contribution in [0.3, 0.4) is 0 Å². The SMILES string of the molecule is COCc1cccc2nccn12. The molecule has 0 aliphatic heterocycles. The summed E-state index contributed by atoms with van der Waals surface area (Å²) in [6.07, 6.45) is 3.72. The lowest BCUT2D eigenvalue weighted by molar-refractivity contribution is 0.180. The highest BCUT2D eigenvalue weighted by molar-refractivity contribution is 5.39. The zero-order chi connectivity index (χ0) is 8.39. The molecular weight excluding hydrogens is 152 g/mol. The summed E-state index contributed by atoms with van der Waals surface area (Å²) in [6, 6.07) is 5.98. The van der Waals surface area contributed by atoms with Crippen molar-refractivity contribution in [3.63, 3.8) is 0 Å². The van der Waals surface area contributed by atoms with Crippen molar-refractivity contribution in [2.75, 3.05) is 7.11 Å². The zero-order valence-corrected chi connectivity index (χ0v) is 6.90. The van der Waals surface area contributed by atoms with Gasteiger partial charge in [0, 0.05) is 25.2 Å². The molecule has 2 heterocycles. The van der Waals surface area contributed by atoms with E-state index in [4.69, 9.17) is 4.74 Å². The van der Waals surface area contributed by atoms with Gasteiger partial charge in [0.05, 0.1) is 6.61 Å². The highest BCUT2D eigenvalue weighted by Gasteiger charge is 1.97. The summed E-state index contributed by atoms with van der Waals surface area (Å²) in [7, 11) is 1.69. The number of rotatable bonds is 2. The van der Waals surface area contributed by atoms with Gasteiger partial charge in [-0.2, -0.15) is 0 Å². The van der Waals surface area contributed by atoms with Gasteiger partial charge in [-0.05, 0) is 12.1 Å². The average molecular weight is 162 g/mol. The first kappa shape index (κ1) is 7.31. The highest BCUT2D eigenvalue weighted by Crippen LogP contribution is 2.06. The fourth-order valence-electron chi connectivity index (χ4n) is 1.27. The maximum absolute atomic E-state index is 5.06. The van der Waals surface area contributed by atoms with E-state index in [1.165, 1.54) is 0 Å². The fourth-order valence-corrected chi connectivity index (χ4v) is 1.27. The Hall–Kier alpha value is -1.35. The van der Waals surface area contributed by atoms with Crippen molar-refractivity contribution in [1.82, 2.24) is 9.38 Å². The van der Waals surface area contributed by atoms with Gasteiger partial charge in [0.15, 0.2) is 0 Å². The summed E-state index contributed by atoms with van der Waals surface area (Å²) >= 11 is 0. The van der Waals surface area contributed by atoms with Crippen molar-refractivity contribution in [1.29, 1.82) is 0 Å². The molecule has 0 aromatic carbocycles. The minimum Gasteiger partial charge on any atom is -0.378 e. The quantitative estimate of drug-likeness (QED) is 0.668. The van der Waals surface area contributed by atoms with Crippen LogP contribution in [-0.2, 0) is 11.3 Å². The van der Waals surface area contributed by atoms with Gasteiger partial charge in [0.2, 0.25) is 0 Å². The van der Waals surface area contributed by atoms with E-state index in [-0.39, 0.29) is 0 Å². The van der Waals surface area contributed by atoms with E-state index < -0.39 is 0 Å². The van der Waals surface area contributed by atoms with Gasteiger partial charge >= 0.3 is 0 Å². The van der Waals surface area contributed by atoms with Gasteiger partial charge < -0.3 is 9.14 Å². The van der Waals surface area contributed by atoms with Crippen LogP contribution in [0.15, 0.2) is 30.6 Å². The Balaban J connectivity index is 2.57. The summed E-state index contributed by atoms with van der Waals surface area (Å²) in [5.74, 6) is 0. The van der Waals surface area contributed by atoms with Crippen LogP contribution in [0, 0.1) is 0 Å². The first-order valence-corrected chi connectivity index (χ1v) is 3.82. The first-order valence-electron chi connectivity index (χ1n) is 3.82. The number of methoxy groups -OCH3 is 1. The molecule has 62 valence electrons. The van der Waals surface area contributed by atoms with Crippen LogP contribution in [0.25, 0.3) is 5.65 Å². The van der Waals surface area contributed by atoms with Gasteiger partial charge in [0.1, 0.15) is 5.65 Å². The molecule has 0 aliphatic carbocycles. The molecule has 0 saturated heterocycles. The lowest BCUT2D eigenvalue weighted by atomic mass is 10.3. The van der Waals surface area contributed by atoms with Crippen LogP contribution < -0.4 is 0 Å². The second kappa shape index (κ2) is 2.95. The van der Waals surface area contributed by atoms with E-state index in [1.807, 2.05) is 28.8 Å². The second-order valence-electron chi connectivity index (χ2n) is 2.61. The molecule has 0 atom stereocenters. The zero-order valence-electron chi connectivity index (χ0n) is 6.90. The number of aromatic nitrogens is 2. The molecule has 0 radical (unpaired) electrons. The maximum atomic E-state index is 5.06. The smallest absolute Gasteiger partial charge is 0.136 e. The third-order valence-corrected chi connectivity index (χ3v) is 1.80. The van der Waals surface area contributed by atoms with Crippen LogP contribution in [-0.4, -0.2) is 16.5 Å². The number of nitrogens with zero attached hydrogens (tertiary/aromatic N) is 2. The number of hydrogen-bond acceptors (Lipinski definition) is 2. The summed E-state index contributed by atoms with van der Waals surface area (Å²) in [5.41, 5.74) is 2.08. The summed E-state index contributed by atoms with van der Waals surface area (Å²) < 4.78 is 7.07. The molecule has 0 bridgehead atoms.